The lowest BCUT2D eigenvalue weighted by atomic mass is 10.1. The highest BCUT2D eigenvalue weighted by Crippen LogP contribution is 2.30. The molecule has 1 heterocycles. The van der Waals surface area contributed by atoms with E-state index < -0.39 is 74.4 Å². The number of hydroxylamine groups is 3. The number of aliphatic hydroxyl groups excluding tert-OH is 1. The van der Waals surface area contributed by atoms with Gasteiger partial charge in [-0.25, -0.2) is 23.7 Å². The van der Waals surface area contributed by atoms with Gasteiger partial charge in [0.25, 0.3) is 5.91 Å². The quantitative estimate of drug-likeness (QED) is 0.234. The number of carbonyl (C=O) groups is 2. The number of nitrogens with one attached hydrogen (secondary N) is 2. The average molecular weight is 555 g/mol. The normalized spacial score (nSPS) is 13.1. The smallest absolute Gasteiger partial charge is 0.277 e. The Morgan fingerprint density at radius 1 is 1.26 bits per heavy atom. The molecular formula is C19H21F3IN3O5. The summed E-state index contributed by atoms with van der Waals surface area (Å²) in [6.45, 7) is 1.78. The van der Waals surface area contributed by atoms with Gasteiger partial charge in [0.15, 0.2) is 17.5 Å². The minimum Gasteiger partial charge on any atom is -0.394 e. The number of benzene rings is 1. The van der Waals surface area contributed by atoms with Crippen LogP contribution in [-0.2, 0) is 21.0 Å². The van der Waals surface area contributed by atoms with Crippen molar-refractivity contribution in [2.45, 2.75) is 20.4 Å². The van der Waals surface area contributed by atoms with E-state index >= 15 is 0 Å². The first-order chi connectivity index (χ1) is 14.8. The van der Waals surface area contributed by atoms with Gasteiger partial charge in [-0.15, -0.1) is 0 Å². The van der Waals surface area contributed by atoms with Gasteiger partial charge in [-0.2, -0.15) is 0 Å². The van der Waals surface area contributed by atoms with Crippen molar-refractivity contribution >= 4 is 42.2 Å². The first-order valence-corrected chi connectivity index (χ1v) is 11.5. The summed E-state index contributed by atoms with van der Waals surface area (Å²) in [7, 11) is 0. The number of hydrogen-bond acceptors (Lipinski definition) is 6. The lowest BCUT2D eigenvalue weighted by Crippen LogP contribution is -2.30. The standard InChI is InChI=1S/C19H21F3IN3O5/c1-3-31-26(11(2)28)10-12-8-13(19(29)25-30-7-6-27)18(17(22)16(12)21)24-15-4-5-23-9-14(15)20/h4-5,8-9,24,27H,3,6-7,10H2,1-2H3,(H,25,29). The van der Waals surface area contributed by atoms with Crippen LogP contribution in [0, 0.1) is 11.6 Å². The summed E-state index contributed by atoms with van der Waals surface area (Å²) in [4.78, 5) is 34.1. The third-order valence-corrected chi connectivity index (χ3v) is 5.49. The van der Waals surface area contributed by atoms with Gasteiger partial charge in [0.1, 0.15) is 0 Å². The Bertz CT molecular complexity index is 937. The van der Waals surface area contributed by atoms with Crippen LogP contribution in [0.15, 0.2) is 27.7 Å². The van der Waals surface area contributed by atoms with E-state index in [2.05, 4.69) is 5.32 Å². The van der Waals surface area contributed by atoms with Gasteiger partial charge < -0.3 is 10.4 Å². The SMILES string of the molecule is CCON(Cc1cc(C(=O)NOCCO)c(NC2=C(F)C=IC=C2)c(F)c1F)C(C)=O. The van der Waals surface area contributed by atoms with E-state index in [1.165, 1.54) is 17.0 Å². The van der Waals surface area contributed by atoms with E-state index in [0.29, 0.717) is 0 Å². The second kappa shape index (κ2) is 11.9. The van der Waals surface area contributed by atoms with E-state index in [-0.39, 0.29) is 24.5 Å². The molecule has 2 rings (SSSR count). The van der Waals surface area contributed by atoms with Crippen LogP contribution in [0.1, 0.15) is 29.8 Å². The molecule has 31 heavy (non-hydrogen) atoms. The van der Waals surface area contributed by atoms with Crippen molar-refractivity contribution in [2.75, 3.05) is 25.1 Å². The van der Waals surface area contributed by atoms with Crippen molar-refractivity contribution in [1.29, 1.82) is 0 Å². The molecule has 1 aromatic rings. The monoisotopic (exact) mass is 555 g/mol. The molecule has 12 heteroatoms. The molecular weight excluding hydrogens is 534 g/mol. The van der Waals surface area contributed by atoms with E-state index in [1.807, 2.05) is 5.48 Å². The summed E-state index contributed by atoms with van der Waals surface area (Å²) in [6, 6.07) is 1.01. The summed E-state index contributed by atoms with van der Waals surface area (Å²) in [6.07, 6.45) is 1.38. The maximum absolute atomic E-state index is 15.0. The minimum atomic E-state index is -1.45. The van der Waals surface area contributed by atoms with Crippen molar-refractivity contribution in [1.82, 2.24) is 10.5 Å². The minimum absolute atomic E-state index is 0.102. The maximum atomic E-state index is 15.0. The predicted octanol–water partition coefficient (Wildman–Crippen LogP) is 2.81. The van der Waals surface area contributed by atoms with Gasteiger partial charge in [-0.1, -0.05) is 20.7 Å². The van der Waals surface area contributed by atoms with Crippen LogP contribution < -0.4 is 10.8 Å². The van der Waals surface area contributed by atoms with Crippen molar-refractivity contribution in [2.24, 2.45) is 0 Å². The van der Waals surface area contributed by atoms with Crippen LogP contribution in [0.25, 0.3) is 0 Å². The van der Waals surface area contributed by atoms with Gasteiger partial charge >= 0.3 is 0 Å². The highest BCUT2D eigenvalue weighted by atomic mass is 127. The molecule has 170 valence electrons. The molecule has 0 saturated carbocycles. The van der Waals surface area contributed by atoms with E-state index in [9.17, 15) is 22.8 Å². The van der Waals surface area contributed by atoms with Crippen molar-refractivity contribution < 1.29 is 37.5 Å². The molecule has 0 spiro atoms. The number of nitrogens with zero attached hydrogens (tertiary/aromatic N) is 1. The third kappa shape index (κ3) is 6.59. The average Bonchev–Trinajstić information content (AvgIpc) is 2.74. The number of aliphatic hydroxyl groups is 1. The highest BCUT2D eigenvalue weighted by molar-refractivity contribution is 14.2. The van der Waals surface area contributed by atoms with E-state index in [1.54, 1.807) is 11.0 Å². The highest BCUT2D eigenvalue weighted by Gasteiger charge is 2.25. The van der Waals surface area contributed by atoms with Gasteiger partial charge in [-0.3, -0.25) is 19.3 Å². The Morgan fingerprint density at radius 3 is 2.61 bits per heavy atom. The molecule has 0 aliphatic carbocycles. The number of anilines is 1. The number of allylic oxidation sites excluding steroid dienone is 2. The second-order valence-electron chi connectivity index (χ2n) is 5.98. The lowest BCUT2D eigenvalue weighted by Gasteiger charge is -2.22. The largest absolute Gasteiger partial charge is 0.394 e. The number of amides is 2. The Balaban J connectivity index is 2.51. The Hall–Kier alpha value is -2.29. The van der Waals surface area contributed by atoms with Gasteiger partial charge in [0, 0.05) is 16.5 Å². The molecule has 1 aromatic carbocycles. The molecule has 0 aromatic heterocycles. The first kappa shape index (κ1) is 25.0. The van der Waals surface area contributed by atoms with Gasteiger partial charge in [0.2, 0.25) is 5.91 Å². The van der Waals surface area contributed by atoms with Crippen molar-refractivity contribution in [3.63, 3.8) is 0 Å². The first-order valence-electron chi connectivity index (χ1n) is 9.03. The van der Waals surface area contributed by atoms with Crippen LogP contribution in [-0.4, -0.2) is 45.8 Å². The summed E-state index contributed by atoms with van der Waals surface area (Å²) >= 11 is -0.621. The Morgan fingerprint density at radius 2 is 2.00 bits per heavy atom. The summed E-state index contributed by atoms with van der Waals surface area (Å²) < 4.78 is 46.9. The molecule has 1 aliphatic heterocycles. The molecule has 0 bridgehead atoms. The summed E-state index contributed by atoms with van der Waals surface area (Å²) in [5.74, 6) is -4.96. The van der Waals surface area contributed by atoms with Crippen LogP contribution in [0.4, 0.5) is 18.9 Å². The zero-order chi connectivity index (χ0) is 23.0. The zero-order valence-corrected chi connectivity index (χ0v) is 18.8. The fraction of sp³-hybridized carbons (Fsp3) is 0.316. The third-order valence-electron chi connectivity index (χ3n) is 3.81. The topological polar surface area (TPSA) is 100 Å². The summed E-state index contributed by atoms with van der Waals surface area (Å²) in [5, 5.41) is 12.0. The number of hydrogen-bond donors (Lipinski definition) is 3. The van der Waals surface area contributed by atoms with E-state index in [0.717, 1.165) is 11.1 Å². The lowest BCUT2D eigenvalue weighted by molar-refractivity contribution is -0.186. The van der Waals surface area contributed by atoms with Crippen LogP contribution in [0.5, 0.6) is 0 Å². The predicted molar refractivity (Wildman–Crippen MR) is 116 cm³/mol. The number of halogens is 4. The van der Waals surface area contributed by atoms with Crippen LogP contribution >= 0.6 is 20.7 Å². The molecule has 3 N–H and O–H groups in total. The van der Waals surface area contributed by atoms with Crippen LogP contribution in [0.3, 0.4) is 0 Å². The fourth-order valence-corrected chi connectivity index (χ4v) is 3.86. The fourth-order valence-electron chi connectivity index (χ4n) is 2.44. The molecule has 0 atom stereocenters. The van der Waals surface area contributed by atoms with Crippen molar-refractivity contribution in [3.05, 3.63) is 50.5 Å². The molecule has 0 unspecified atom stereocenters. The number of carbonyl (C=O) groups excluding carboxylic acids is 2. The van der Waals surface area contributed by atoms with E-state index in [4.69, 9.17) is 14.8 Å². The molecule has 2 amide bonds. The van der Waals surface area contributed by atoms with Gasteiger partial charge in [0.05, 0.1) is 43.3 Å². The number of rotatable bonds is 10. The second-order valence-corrected chi connectivity index (χ2v) is 8.04. The molecule has 1 aliphatic rings. The molecule has 0 radical (unpaired) electrons. The molecule has 8 nitrogen and oxygen atoms in total. The molecule has 0 saturated heterocycles. The Kier molecular flexibility index (Phi) is 9.61. The van der Waals surface area contributed by atoms with Gasteiger partial charge in [-0.05, 0) is 23.1 Å². The maximum Gasteiger partial charge on any atom is 0.277 e. The van der Waals surface area contributed by atoms with Crippen LogP contribution in [0.2, 0.25) is 0 Å². The molecule has 0 fully saturated rings. The summed E-state index contributed by atoms with van der Waals surface area (Å²) in [5.41, 5.74) is 0.502. The zero-order valence-electron chi connectivity index (χ0n) is 16.7. The van der Waals surface area contributed by atoms with Crippen molar-refractivity contribution in [3.8, 4) is 0 Å². The Labute approximate surface area is 186 Å².